The fourth-order valence-electron chi connectivity index (χ4n) is 4.10. The van der Waals surface area contributed by atoms with E-state index < -0.39 is 0 Å². The maximum atomic E-state index is 12.2. The molecule has 5 nitrogen and oxygen atoms in total. The fourth-order valence-corrected chi connectivity index (χ4v) is 4.10. The van der Waals surface area contributed by atoms with Gasteiger partial charge in [0.25, 0.3) is 0 Å². The number of nitrogens with one attached hydrogen (secondary N) is 1. The Bertz CT molecular complexity index is 394. The summed E-state index contributed by atoms with van der Waals surface area (Å²) in [5.41, 5.74) is 5.75. The summed E-state index contributed by atoms with van der Waals surface area (Å²) < 4.78 is 0. The first kappa shape index (κ1) is 14.3. The molecule has 1 heterocycles. The van der Waals surface area contributed by atoms with Crippen LogP contribution in [0.15, 0.2) is 0 Å². The molecule has 2 aliphatic rings. The first-order chi connectivity index (χ1) is 8.75. The monoisotopic (exact) mass is 267 g/mol. The average Bonchev–Trinajstić information content (AvgIpc) is 2.55. The molecule has 1 saturated heterocycles. The first-order valence-electron chi connectivity index (χ1n) is 7.01. The van der Waals surface area contributed by atoms with E-state index in [1.54, 1.807) is 0 Å². The predicted octanol–water partition coefficient (Wildman–Crippen LogP) is 0.489. The SMILES string of the molecule is CC1(C)CC2CC(C)(CN2C(=O)CNC(=O)CN)C1. The Morgan fingerprint density at radius 3 is 2.63 bits per heavy atom. The molecular weight excluding hydrogens is 242 g/mol. The molecule has 3 N–H and O–H groups in total. The lowest BCUT2D eigenvalue weighted by atomic mass is 9.65. The maximum Gasteiger partial charge on any atom is 0.242 e. The van der Waals surface area contributed by atoms with Crippen LogP contribution in [0, 0.1) is 10.8 Å². The Morgan fingerprint density at radius 2 is 2.00 bits per heavy atom. The number of rotatable bonds is 3. The Balaban J connectivity index is 1.99. The molecule has 1 aliphatic heterocycles. The zero-order valence-electron chi connectivity index (χ0n) is 12.2. The van der Waals surface area contributed by atoms with E-state index in [9.17, 15) is 9.59 Å². The summed E-state index contributed by atoms with van der Waals surface area (Å²) in [7, 11) is 0. The van der Waals surface area contributed by atoms with Crippen molar-refractivity contribution in [3.8, 4) is 0 Å². The molecule has 5 heteroatoms. The van der Waals surface area contributed by atoms with Crippen molar-refractivity contribution in [1.29, 1.82) is 0 Å². The van der Waals surface area contributed by atoms with Gasteiger partial charge in [-0.1, -0.05) is 20.8 Å². The molecule has 1 aliphatic carbocycles. The first-order valence-corrected chi connectivity index (χ1v) is 7.01. The van der Waals surface area contributed by atoms with Crippen LogP contribution < -0.4 is 11.1 Å². The molecule has 0 spiro atoms. The summed E-state index contributed by atoms with van der Waals surface area (Å²) >= 11 is 0. The van der Waals surface area contributed by atoms with E-state index in [0.29, 0.717) is 11.5 Å². The predicted molar refractivity (Wildman–Crippen MR) is 73.3 cm³/mol. The highest BCUT2D eigenvalue weighted by Crippen LogP contribution is 2.52. The second-order valence-corrected chi connectivity index (χ2v) is 7.22. The van der Waals surface area contributed by atoms with Crippen molar-refractivity contribution in [2.24, 2.45) is 16.6 Å². The van der Waals surface area contributed by atoms with E-state index in [0.717, 1.165) is 25.8 Å². The third-order valence-electron chi connectivity index (χ3n) is 4.36. The summed E-state index contributed by atoms with van der Waals surface area (Å²) in [5.74, 6) is -0.254. The van der Waals surface area contributed by atoms with Crippen LogP contribution in [0.2, 0.25) is 0 Å². The van der Waals surface area contributed by atoms with Gasteiger partial charge in [0.2, 0.25) is 11.8 Å². The number of amides is 2. The molecule has 0 radical (unpaired) electrons. The van der Waals surface area contributed by atoms with Crippen LogP contribution in [-0.2, 0) is 9.59 Å². The highest BCUT2D eigenvalue weighted by molar-refractivity contribution is 5.85. The van der Waals surface area contributed by atoms with Gasteiger partial charge in [-0.05, 0) is 30.1 Å². The highest BCUT2D eigenvalue weighted by atomic mass is 16.2. The normalized spacial score (nSPS) is 32.2. The van der Waals surface area contributed by atoms with Gasteiger partial charge >= 0.3 is 0 Å². The van der Waals surface area contributed by atoms with Crippen molar-refractivity contribution < 1.29 is 9.59 Å². The number of likely N-dealkylation sites (tertiary alicyclic amines) is 1. The summed E-state index contributed by atoms with van der Waals surface area (Å²) in [6, 6.07) is 0.330. The lowest BCUT2D eigenvalue weighted by Gasteiger charge is -2.39. The summed E-state index contributed by atoms with van der Waals surface area (Å²) in [5, 5.41) is 2.57. The van der Waals surface area contributed by atoms with Crippen molar-refractivity contribution in [2.45, 2.75) is 46.1 Å². The smallest absolute Gasteiger partial charge is 0.242 e. The van der Waals surface area contributed by atoms with E-state index in [1.807, 2.05) is 4.90 Å². The molecule has 108 valence electrons. The van der Waals surface area contributed by atoms with Gasteiger partial charge in [-0.25, -0.2) is 0 Å². The minimum absolute atomic E-state index is 0.0215. The largest absolute Gasteiger partial charge is 0.346 e. The van der Waals surface area contributed by atoms with Crippen LogP contribution >= 0.6 is 0 Å². The molecule has 0 aromatic heterocycles. The molecule has 2 bridgehead atoms. The van der Waals surface area contributed by atoms with Crippen molar-refractivity contribution >= 4 is 11.8 Å². The molecule has 0 aromatic carbocycles. The lowest BCUT2D eigenvalue weighted by molar-refractivity contribution is -0.133. The minimum Gasteiger partial charge on any atom is -0.346 e. The number of carbonyl (C=O) groups excluding carboxylic acids is 2. The van der Waals surface area contributed by atoms with Gasteiger partial charge < -0.3 is 16.0 Å². The number of nitrogens with two attached hydrogens (primary N) is 1. The zero-order valence-corrected chi connectivity index (χ0v) is 12.2. The lowest BCUT2D eigenvalue weighted by Crippen LogP contribution is -2.44. The van der Waals surface area contributed by atoms with E-state index in [-0.39, 0.29) is 30.3 Å². The van der Waals surface area contributed by atoms with Crippen LogP contribution in [0.25, 0.3) is 0 Å². The highest BCUT2D eigenvalue weighted by Gasteiger charge is 2.50. The molecule has 1 saturated carbocycles. The molecular formula is C14H25N3O2. The van der Waals surface area contributed by atoms with Crippen LogP contribution in [-0.4, -0.2) is 42.4 Å². The van der Waals surface area contributed by atoms with Gasteiger partial charge in [-0.15, -0.1) is 0 Å². The quantitative estimate of drug-likeness (QED) is 0.781. The van der Waals surface area contributed by atoms with Gasteiger partial charge in [0.15, 0.2) is 0 Å². The summed E-state index contributed by atoms with van der Waals surface area (Å²) in [4.78, 5) is 25.3. The summed E-state index contributed by atoms with van der Waals surface area (Å²) in [6.45, 7) is 7.65. The third kappa shape index (κ3) is 3.08. The molecule has 2 atom stereocenters. The van der Waals surface area contributed by atoms with Crippen LogP contribution in [0.4, 0.5) is 0 Å². The van der Waals surface area contributed by atoms with Gasteiger partial charge in [0.05, 0.1) is 13.1 Å². The Hall–Kier alpha value is -1.10. The van der Waals surface area contributed by atoms with Crippen molar-refractivity contribution in [1.82, 2.24) is 10.2 Å². The van der Waals surface area contributed by atoms with Gasteiger partial charge in [-0.2, -0.15) is 0 Å². The van der Waals surface area contributed by atoms with E-state index in [4.69, 9.17) is 5.73 Å². The van der Waals surface area contributed by atoms with Crippen LogP contribution in [0.3, 0.4) is 0 Å². The van der Waals surface area contributed by atoms with Crippen molar-refractivity contribution in [3.05, 3.63) is 0 Å². The van der Waals surface area contributed by atoms with Crippen molar-refractivity contribution in [3.63, 3.8) is 0 Å². The summed E-state index contributed by atoms with van der Waals surface area (Å²) in [6.07, 6.45) is 3.31. The zero-order chi connectivity index (χ0) is 14.3. The number of fused-ring (bicyclic) bond motifs is 2. The number of hydrogen-bond donors (Lipinski definition) is 2. The van der Waals surface area contributed by atoms with E-state index in [1.165, 1.54) is 0 Å². The third-order valence-corrected chi connectivity index (χ3v) is 4.36. The Labute approximate surface area is 114 Å². The average molecular weight is 267 g/mol. The van der Waals surface area contributed by atoms with Gasteiger partial charge in [-0.3, -0.25) is 9.59 Å². The molecule has 19 heavy (non-hydrogen) atoms. The number of carbonyl (C=O) groups is 2. The second kappa shape index (κ2) is 4.78. The molecule has 2 amide bonds. The molecule has 2 rings (SSSR count). The Morgan fingerprint density at radius 1 is 1.32 bits per heavy atom. The maximum absolute atomic E-state index is 12.2. The second-order valence-electron chi connectivity index (χ2n) is 7.22. The molecule has 2 unspecified atom stereocenters. The standard InChI is InChI=1S/C14H25N3O2/c1-13(2)4-10-5-14(3,8-13)9-17(10)12(19)7-16-11(18)6-15/h10H,4-9,15H2,1-3H3,(H,16,18). The van der Waals surface area contributed by atoms with Crippen LogP contribution in [0.5, 0.6) is 0 Å². The van der Waals surface area contributed by atoms with Gasteiger partial charge in [0.1, 0.15) is 0 Å². The van der Waals surface area contributed by atoms with E-state index >= 15 is 0 Å². The van der Waals surface area contributed by atoms with E-state index in [2.05, 4.69) is 26.1 Å². The number of nitrogens with zero attached hydrogens (tertiary/aromatic N) is 1. The fraction of sp³-hybridized carbons (Fsp3) is 0.857. The minimum atomic E-state index is -0.276. The molecule has 2 fully saturated rings. The Kier molecular flexibility index (Phi) is 3.60. The van der Waals surface area contributed by atoms with Crippen molar-refractivity contribution in [2.75, 3.05) is 19.6 Å². The van der Waals surface area contributed by atoms with Gasteiger partial charge in [0, 0.05) is 12.6 Å². The molecule has 0 aromatic rings. The topological polar surface area (TPSA) is 75.4 Å². The van der Waals surface area contributed by atoms with Crippen LogP contribution in [0.1, 0.15) is 40.0 Å². The number of hydrogen-bond acceptors (Lipinski definition) is 3.